The first kappa shape index (κ1) is 16.0. The molecule has 3 rings (SSSR count). The molecule has 1 fully saturated rings. The van der Waals surface area contributed by atoms with Gasteiger partial charge in [0.25, 0.3) is 5.56 Å². The summed E-state index contributed by atoms with van der Waals surface area (Å²) in [6.07, 6.45) is 1.66. The van der Waals surface area contributed by atoms with Crippen molar-refractivity contribution in [3.05, 3.63) is 62.0 Å². The standard InChI is InChI=1S/C17H17FN4O2/c1-20-15(13(10-19)16(23)21(2)17(20)24)22-9-3-4-14(22)11-5-7-12(18)8-6-11/h5-8,14H,3-4,9H2,1-2H3. The average molecular weight is 328 g/mol. The summed E-state index contributed by atoms with van der Waals surface area (Å²) in [4.78, 5) is 26.4. The molecular formula is C17H17FN4O2. The highest BCUT2D eigenvalue weighted by molar-refractivity contribution is 5.56. The van der Waals surface area contributed by atoms with Crippen LogP contribution in [0.4, 0.5) is 10.2 Å². The molecule has 1 saturated heterocycles. The monoisotopic (exact) mass is 328 g/mol. The Morgan fingerprint density at radius 3 is 2.46 bits per heavy atom. The Morgan fingerprint density at radius 2 is 1.83 bits per heavy atom. The Hall–Kier alpha value is -2.88. The third-order valence-corrected chi connectivity index (χ3v) is 4.53. The van der Waals surface area contributed by atoms with Crippen molar-refractivity contribution in [3.8, 4) is 6.07 Å². The number of nitrogens with zero attached hydrogens (tertiary/aromatic N) is 4. The van der Waals surface area contributed by atoms with Crippen LogP contribution in [0.3, 0.4) is 0 Å². The maximum absolute atomic E-state index is 13.2. The van der Waals surface area contributed by atoms with Crippen LogP contribution in [0.15, 0.2) is 33.9 Å². The van der Waals surface area contributed by atoms with Crippen LogP contribution in [-0.2, 0) is 14.1 Å². The van der Waals surface area contributed by atoms with Gasteiger partial charge in [0.15, 0.2) is 5.56 Å². The van der Waals surface area contributed by atoms with Crippen molar-refractivity contribution in [3.63, 3.8) is 0 Å². The van der Waals surface area contributed by atoms with E-state index in [1.807, 2.05) is 11.0 Å². The molecule has 124 valence electrons. The van der Waals surface area contributed by atoms with E-state index in [-0.39, 0.29) is 17.4 Å². The number of halogens is 1. The summed E-state index contributed by atoms with van der Waals surface area (Å²) in [7, 11) is 2.91. The zero-order chi connectivity index (χ0) is 17.4. The lowest BCUT2D eigenvalue weighted by Crippen LogP contribution is -2.42. The molecule has 0 N–H and O–H groups in total. The van der Waals surface area contributed by atoms with Crippen molar-refractivity contribution in [2.24, 2.45) is 14.1 Å². The Labute approximate surface area is 138 Å². The van der Waals surface area contributed by atoms with Crippen LogP contribution in [-0.4, -0.2) is 15.7 Å². The maximum Gasteiger partial charge on any atom is 0.332 e. The van der Waals surface area contributed by atoms with Gasteiger partial charge in [0.05, 0.1) is 6.04 Å². The van der Waals surface area contributed by atoms with Gasteiger partial charge in [-0.25, -0.2) is 9.18 Å². The predicted molar refractivity (Wildman–Crippen MR) is 87.4 cm³/mol. The molecular weight excluding hydrogens is 311 g/mol. The number of aromatic nitrogens is 2. The van der Waals surface area contributed by atoms with E-state index in [1.54, 1.807) is 19.2 Å². The zero-order valence-electron chi connectivity index (χ0n) is 13.5. The first-order valence-electron chi connectivity index (χ1n) is 7.68. The van der Waals surface area contributed by atoms with Crippen LogP contribution in [0.2, 0.25) is 0 Å². The highest BCUT2D eigenvalue weighted by atomic mass is 19.1. The van der Waals surface area contributed by atoms with Gasteiger partial charge in [-0.1, -0.05) is 12.1 Å². The van der Waals surface area contributed by atoms with Gasteiger partial charge in [-0.15, -0.1) is 0 Å². The summed E-state index contributed by atoms with van der Waals surface area (Å²) < 4.78 is 15.5. The predicted octanol–water partition coefficient (Wildman–Crippen LogP) is 1.44. The highest BCUT2D eigenvalue weighted by Crippen LogP contribution is 2.36. The first-order chi connectivity index (χ1) is 11.5. The molecule has 0 spiro atoms. The number of hydrogen-bond donors (Lipinski definition) is 0. The average Bonchev–Trinajstić information content (AvgIpc) is 3.05. The van der Waals surface area contributed by atoms with Gasteiger partial charge in [0.1, 0.15) is 17.7 Å². The molecule has 1 aliphatic rings. The van der Waals surface area contributed by atoms with E-state index in [1.165, 1.54) is 23.7 Å². The van der Waals surface area contributed by atoms with Crippen LogP contribution in [0.5, 0.6) is 0 Å². The Kier molecular flexibility index (Phi) is 3.97. The molecule has 1 aromatic heterocycles. The van der Waals surface area contributed by atoms with Crippen molar-refractivity contribution >= 4 is 5.82 Å². The van der Waals surface area contributed by atoms with E-state index >= 15 is 0 Å². The van der Waals surface area contributed by atoms with Gasteiger partial charge in [-0.3, -0.25) is 13.9 Å². The minimum atomic E-state index is -0.597. The summed E-state index contributed by atoms with van der Waals surface area (Å²) >= 11 is 0. The quantitative estimate of drug-likeness (QED) is 0.836. The van der Waals surface area contributed by atoms with Gasteiger partial charge < -0.3 is 4.90 Å². The van der Waals surface area contributed by atoms with Crippen LogP contribution < -0.4 is 16.1 Å². The minimum Gasteiger partial charge on any atom is -0.350 e. The second-order valence-corrected chi connectivity index (χ2v) is 5.92. The third kappa shape index (κ3) is 2.40. The Balaban J connectivity index is 2.18. The van der Waals surface area contributed by atoms with Crippen molar-refractivity contribution in [1.82, 2.24) is 9.13 Å². The number of nitriles is 1. The minimum absolute atomic E-state index is 0.0476. The fourth-order valence-corrected chi connectivity index (χ4v) is 3.32. The summed E-state index contributed by atoms with van der Waals surface area (Å²) in [5.41, 5.74) is -0.223. The largest absolute Gasteiger partial charge is 0.350 e. The second kappa shape index (κ2) is 5.96. The molecule has 0 radical (unpaired) electrons. The zero-order valence-corrected chi connectivity index (χ0v) is 13.5. The summed E-state index contributed by atoms with van der Waals surface area (Å²) in [5, 5.41) is 9.44. The molecule has 1 atom stereocenters. The molecule has 0 aliphatic carbocycles. The van der Waals surface area contributed by atoms with E-state index in [4.69, 9.17) is 0 Å². The normalized spacial score (nSPS) is 17.1. The van der Waals surface area contributed by atoms with Crippen LogP contribution in [0, 0.1) is 17.1 Å². The number of rotatable bonds is 2. The lowest BCUT2D eigenvalue weighted by Gasteiger charge is -2.29. The number of benzene rings is 1. The van der Waals surface area contributed by atoms with E-state index < -0.39 is 11.2 Å². The molecule has 0 saturated carbocycles. The van der Waals surface area contributed by atoms with Gasteiger partial charge in [-0.2, -0.15) is 5.26 Å². The molecule has 2 aromatic rings. The lowest BCUT2D eigenvalue weighted by atomic mass is 10.0. The molecule has 0 bridgehead atoms. The van der Waals surface area contributed by atoms with Gasteiger partial charge >= 0.3 is 5.69 Å². The maximum atomic E-state index is 13.2. The van der Waals surface area contributed by atoms with Gasteiger partial charge in [0, 0.05) is 20.6 Å². The molecule has 7 heteroatoms. The van der Waals surface area contributed by atoms with Crippen LogP contribution in [0.25, 0.3) is 0 Å². The summed E-state index contributed by atoms with van der Waals surface area (Å²) in [6, 6.07) is 8.01. The molecule has 24 heavy (non-hydrogen) atoms. The van der Waals surface area contributed by atoms with E-state index in [0.29, 0.717) is 12.4 Å². The summed E-state index contributed by atoms with van der Waals surface area (Å²) in [5.74, 6) is 0.0133. The lowest BCUT2D eigenvalue weighted by molar-refractivity contribution is 0.620. The van der Waals surface area contributed by atoms with Crippen molar-refractivity contribution in [2.45, 2.75) is 18.9 Å². The Morgan fingerprint density at radius 1 is 1.17 bits per heavy atom. The molecule has 6 nitrogen and oxygen atoms in total. The molecule has 1 unspecified atom stereocenters. The van der Waals surface area contributed by atoms with Crippen molar-refractivity contribution in [1.29, 1.82) is 5.26 Å². The molecule has 1 aromatic carbocycles. The second-order valence-electron chi connectivity index (χ2n) is 5.92. The fraction of sp³-hybridized carbons (Fsp3) is 0.353. The fourth-order valence-electron chi connectivity index (χ4n) is 3.32. The van der Waals surface area contributed by atoms with Crippen LogP contribution in [0.1, 0.15) is 30.0 Å². The van der Waals surface area contributed by atoms with Crippen molar-refractivity contribution < 1.29 is 4.39 Å². The van der Waals surface area contributed by atoms with E-state index in [0.717, 1.165) is 23.0 Å². The smallest absolute Gasteiger partial charge is 0.332 e. The van der Waals surface area contributed by atoms with Gasteiger partial charge in [0.2, 0.25) is 0 Å². The van der Waals surface area contributed by atoms with Gasteiger partial charge in [-0.05, 0) is 30.5 Å². The number of anilines is 1. The van der Waals surface area contributed by atoms with Crippen molar-refractivity contribution in [2.75, 3.05) is 11.4 Å². The highest BCUT2D eigenvalue weighted by Gasteiger charge is 2.31. The van der Waals surface area contributed by atoms with E-state index in [9.17, 15) is 19.2 Å². The Bertz CT molecular complexity index is 937. The van der Waals surface area contributed by atoms with E-state index in [2.05, 4.69) is 0 Å². The SMILES string of the molecule is Cn1c(N2CCCC2c2ccc(F)cc2)c(C#N)c(=O)n(C)c1=O. The molecule has 0 amide bonds. The number of hydrogen-bond acceptors (Lipinski definition) is 4. The molecule has 2 heterocycles. The molecule has 1 aliphatic heterocycles. The summed E-state index contributed by atoms with van der Waals surface area (Å²) in [6.45, 7) is 0.622. The third-order valence-electron chi connectivity index (χ3n) is 4.53. The topological polar surface area (TPSA) is 71.0 Å². The van der Waals surface area contributed by atoms with Crippen LogP contribution >= 0.6 is 0 Å². The first-order valence-corrected chi connectivity index (χ1v) is 7.68.